The average Bonchev–Trinajstić information content (AvgIpc) is 2.97. The van der Waals surface area contributed by atoms with Gasteiger partial charge in [-0.25, -0.2) is 4.39 Å². The molecule has 3 heterocycles. The van der Waals surface area contributed by atoms with Crippen molar-refractivity contribution in [2.75, 3.05) is 23.3 Å². The Hall–Kier alpha value is -4.43. The molecular formula is C32H28ClFN4O3. The Morgan fingerprint density at radius 1 is 0.878 bits per heavy atom. The van der Waals surface area contributed by atoms with Crippen molar-refractivity contribution in [2.24, 2.45) is 5.92 Å². The first kappa shape index (κ1) is 26.8. The maximum Gasteiger partial charge on any atom is 0.255 e. The number of piperidine rings is 1. The van der Waals surface area contributed by atoms with E-state index in [-0.39, 0.29) is 23.3 Å². The molecule has 3 aromatic carbocycles. The fraction of sp³-hybridized carbons (Fsp3) is 0.219. The Balaban J connectivity index is 1.29. The Labute approximate surface area is 241 Å². The number of pyridine rings is 1. The van der Waals surface area contributed by atoms with Crippen molar-refractivity contribution >= 4 is 34.8 Å². The van der Waals surface area contributed by atoms with E-state index < -0.39 is 11.7 Å². The number of aromatic nitrogens is 1. The number of amides is 2. The summed E-state index contributed by atoms with van der Waals surface area (Å²) in [6.45, 7) is 2.31. The van der Waals surface area contributed by atoms with Crippen LogP contribution in [-0.4, -0.2) is 29.5 Å². The Bertz CT molecular complexity index is 1690. The van der Waals surface area contributed by atoms with E-state index in [2.05, 4.69) is 15.5 Å². The van der Waals surface area contributed by atoms with Gasteiger partial charge in [-0.1, -0.05) is 29.8 Å². The number of hydrogen-bond acceptors (Lipinski definition) is 4. The minimum Gasteiger partial charge on any atom is -0.369 e. The van der Waals surface area contributed by atoms with Crippen LogP contribution >= 0.6 is 11.6 Å². The van der Waals surface area contributed by atoms with E-state index in [0.717, 1.165) is 23.4 Å². The van der Waals surface area contributed by atoms with E-state index in [0.29, 0.717) is 48.0 Å². The lowest BCUT2D eigenvalue weighted by molar-refractivity contribution is 0.0949. The predicted molar refractivity (Wildman–Crippen MR) is 157 cm³/mol. The lowest BCUT2D eigenvalue weighted by Gasteiger charge is -2.44. The van der Waals surface area contributed by atoms with E-state index in [4.69, 9.17) is 11.6 Å². The molecule has 9 heteroatoms. The zero-order valence-electron chi connectivity index (χ0n) is 22.1. The molecular weight excluding hydrogens is 543 g/mol. The molecule has 0 saturated carbocycles. The highest BCUT2D eigenvalue weighted by Gasteiger charge is 2.35. The number of rotatable bonds is 6. The third kappa shape index (κ3) is 5.74. The third-order valence-corrected chi connectivity index (χ3v) is 8.01. The molecule has 7 nitrogen and oxygen atoms in total. The van der Waals surface area contributed by atoms with Gasteiger partial charge in [0.15, 0.2) is 0 Å². The number of carbonyl (C=O) groups is 2. The average molecular weight is 571 g/mol. The molecule has 2 aliphatic heterocycles. The van der Waals surface area contributed by atoms with Crippen molar-refractivity contribution in [1.29, 1.82) is 0 Å². The zero-order chi connectivity index (χ0) is 28.5. The van der Waals surface area contributed by atoms with Crippen LogP contribution < -0.4 is 21.1 Å². The molecule has 0 radical (unpaired) electrons. The van der Waals surface area contributed by atoms with E-state index in [1.807, 2.05) is 28.8 Å². The van der Waals surface area contributed by atoms with Crippen molar-refractivity contribution in [3.8, 4) is 0 Å². The van der Waals surface area contributed by atoms with Gasteiger partial charge < -0.3 is 20.1 Å². The minimum absolute atomic E-state index is 0.0195. The van der Waals surface area contributed by atoms with Gasteiger partial charge in [-0.15, -0.1) is 0 Å². The largest absolute Gasteiger partial charge is 0.369 e. The number of fused-ring (bicyclic) bond motifs is 4. The van der Waals surface area contributed by atoms with Crippen LogP contribution in [0.4, 0.5) is 15.8 Å². The number of benzene rings is 3. The second-order valence-electron chi connectivity index (χ2n) is 10.6. The molecule has 4 aromatic rings. The Morgan fingerprint density at radius 2 is 1.66 bits per heavy atom. The molecule has 1 fully saturated rings. The quantitative estimate of drug-likeness (QED) is 0.323. The van der Waals surface area contributed by atoms with Crippen molar-refractivity contribution in [2.45, 2.75) is 25.4 Å². The molecule has 0 aliphatic carbocycles. The van der Waals surface area contributed by atoms with Gasteiger partial charge in [0, 0.05) is 60.0 Å². The predicted octanol–water partition coefficient (Wildman–Crippen LogP) is 5.45. The monoisotopic (exact) mass is 570 g/mol. The van der Waals surface area contributed by atoms with E-state index >= 15 is 0 Å². The van der Waals surface area contributed by atoms with E-state index in [1.165, 1.54) is 24.3 Å². The summed E-state index contributed by atoms with van der Waals surface area (Å²) in [6, 6.07) is 23.3. The highest BCUT2D eigenvalue weighted by molar-refractivity contribution is 6.30. The number of hydrogen-bond donors (Lipinski definition) is 2. The van der Waals surface area contributed by atoms with Crippen molar-refractivity contribution in [3.05, 3.63) is 129 Å². The molecule has 1 saturated heterocycles. The van der Waals surface area contributed by atoms with Gasteiger partial charge in [0.25, 0.3) is 17.4 Å². The van der Waals surface area contributed by atoms with Crippen molar-refractivity contribution < 1.29 is 14.0 Å². The van der Waals surface area contributed by atoms with Gasteiger partial charge in [0.05, 0.1) is 11.4 Å². The van der Waals surface area contributed by atoms with E-state index in [9.17, 15) is 18.8 Å². The first-order valence-corrected chi connectivity index (χ1v) is 13.9. The SMILES string of the molecule is O=C(NCc1cccc(Cl)c1)c1ccc(N2CC3CC(C2)c2cccc(=O)n2C3)c(NC(=O)c2ccc(F)cc2)c1. The van der Waals surface area contributed by atoms with Crippen LogP contribution in [0.15, 0.2) is 89.7 Å². The lowest BCUT2D eigenvalue weighted by atomic mass is 9.83. The highest BCUT2D eigenvalue weighted by Crippen LogP contribution is 2.39. The molecule has 2 N–H and O–H groups in total. The van der Waals surface area contributed by atoms with Gasteiger partial charge in [0.2, 0.25) is 0 Å². The third-order valence-electron chi connectivity index (χ3n) is 7.78. The second-order valence-corrected chi connectivity index (χ2v) is 11.0. The number of halogens is 2. The number of nitrogens with one attached hydrogen (secondary N) is 2. The number of nitrogens with zero attached hydrogens (tertiary/aromatic N) is 2. The second kappa shape index (κ2) is 11.2. The molecule has 2 atom stereocenters. The Morgan fingerprint density at radius 3 is 2.46 bits per heavy atom. The summed E-state index contributed by atoms with van der Waals surface area (Å²) in [4.78, 5) is 41.0. The normalized spacial score (nSPS) is 17.5. The summed E-state index contributed by atoms with van der Waals surface area (Å²) in [5, 5.41) is 6.46. The molecule has 41 heavy (non-hydrogen) atoms. The number of carbonyl (C=O) groups excluding carboxylic acids is 2. The van der Waals surface area contributed by atoms with Crippen molar-refractivity contribution in [3.63, 3.8) is 0 Å². The van der Waals surface area contributed by atoms with Crippen LogP contribution in [0.3, 0.4) is 0 Å². The zero-order valence-corrected chi connectivity index (χ0v) is 22.9. The molecule has 1 aromatic heterocycles. The molecule has 208 valence electrons. The van der Waals surface area contributed by atoms with Crippen LogP contribution in [0, 0.1) is 11.7 Å². The Kier molecular flexibility index (Phi) is 7.32. The lowest BCUT2D eigenvalue weighted by Crippen LogP contribution is -2.47. The highest BCUT2D eigenvalue weighted by atomic mass is 35.5. The molecule has 0 spiro atoms. The van der Waals surface area contributed by atoms with Gasteiger partial charge in [-0.2, -0.15) is 0 Å². The summed E-state index contributed by atoms with van der Waals surface area (Å²) in [6.07, 6.45) is 0.987. The van der Waals surface area contributed by atoms with E-state index in [1.54, 1.807) is 36.4 Å². The summed E-state index contributed by atoms with van der Waals surface area (Å²) in [5.74, 6) is -0.699. The maximum atomic E-state index is 13.5. The number of anilines is 2. The first-order valence-electron chi connectivity index (χ1n) is 13.5. The summed E-state index contributed by atoms with van der Waals surface area (Å²) in [7, 11) is 0. The van der Waals surface area contributed by atoms with Crippen LogP contribution in [0.2, 0.25) is 5.02 Å². The van der Waals surface area contributed by atoms with Gasteiger partial charge in [-0.05, 0) is 78.6 Å². The molecule has 2 amide bonds. The maximum absolute atomic E-state index is 13.5. The first-order chi connectivity index (χ1) is 19.8. The summed E-state index contributed by atoms with van der Waals surface area (Å²) < 4.78 is 15.4. The van der Waals surface area contributed by atoms with Crippen LogP contribution in [0.5, 0.6) is 0 Å². The molecule has 2 unspecified atom stereocenters. The van der Waals surface area contributed by atoms with Crippen LogP contribution in [0.1, 0.15) is 44.3 Å². The molecule has 2 aliphatic rings. The van der Waals surface area contributed by atoms with Crippen LogP contribution in [0.25, 0.3) is 0 Å². The van der Waals surface area contributed by atoms with Gasteiger partial charge in [0.1, 0.15) is 5.82 Å². The van der Waals surface area contributed by atoms with Crippen molar-refractivity contribution in [1.82, 2.24) is 9.88 Å². The van der Waals surface area contributed by atoms with Crippen LogP contribution in [-0.2, 0) is 13.1 Å². The van der Waals surface area contributed by atoms with Gasteiger partial charge >= 0.3 is 0 Å². The molecule has 6 rings (SSSR count). The topological polar surface area (TPSA) is 83.4 Å². The fourth-order valence-corrected chi connectivity index (χ4v) is 6.09. The van der Waals surface area contributed by atoms with Gasteiger partial charge in [-0.3, -0.25) is 14.4 Å². The summed E-state index contributed by atoms with van der Waals surface area (Å²) >= 11 is 6.07. The summed E-state index contributed by atoms with van der Waals surface area (Å²) in [5.41, 5.74) is 3.87. The fourth-order valence-electron chi connectivity index (χ4n) is 5.87. The minimum atomic E-state index is -0.431. The molecule has 2 bridgehead atoms. The standard InChI is InChI=1S/C32H28ClFN4O3/c33-25-4-1-3-20(14-25)16-35-31(40)23-9-12-29(27(15-23)36-32(41)22-7-10-26(34)11-8-22)37-17-21-13-24(19-37)28-5-2-6-30(39)38(28)18-21/h1-12,14-15,21,24H,13,16-19H2,(H,35,40)(H,36,41). The smallest absolute Gasteiger partial charge is 0.255 e.